The second-order valence-electron chi connectivity index (χ2n) is 6.40. The summed E-state index contributed by atoms with van der Waals surface area (Å²) in [4.78, 5) is 0. The summed E-state index contributed by atoms with van der Waals surface area (Å²) in [7, 11) is 2.20. The predicted octanol–water partition coefficient (Wildman–Crippen LogP) is 4.37. The van der Waals surface area contributed by atoms with Crippen LogP contribution in [0.1, 0.15) is 71.1 Å². The highest BCUT2D eigenvalue weighted by molar-refractivity contribution is 4.87. The van der Waals surface area contributed by atoms with Crippen molar-refractivity contribution in [3.8, 4) is 0 Å². The van der Waals surface area contributed by atoms with Crippen molar-refractivity contribution in [3.05, 3.63) is 0 Å². The largest absolute Gasteiger partial charge is 0.316 e. The van der Waals surface area contributed by atoms with Crippen LogP contribution in [0.15, 0.2) is 0 Å². The van der Waals surface area contributed by atoms with Crippen LogP contribution in [0, 0.1) is 17.8 Å². The minimum atomic E-state index is 0.827. The molecule has 0 radical (unpaired) electrons. The number of hydrogen-bond donors (Lipinski definition) is 1. The summed E-state index contributed by atoms with van der Waals surface area (Å²) in [6.45, 7) is 2.36. The summed E-state index contributed by atoms with van der Waals surface area (Å²) >= 11 is 0. The molecule has 0 aliphatic heterocycles. The van der Waals surface area contributed by atoms with Crippen LogP contribution in [0.2, 0.25) is 0 Å². The van der Waals surface area contributed by atoms with Gasteiger partial charge in [0.1, 0.15) is 0 Å². The molecule has 0 aromatic carbocycles. The maximum absolute atomic E-state index is 3.67. The lowest BCUT2D eigenvalue weighted by atomic mass is 9.71. The van der Waals surface area contributed by atoms with E-state index in [1.807, 2.05) is 0 Å². The van der Waals surface area contributed by atoms with E-state index >= 15 is 0 Å². The molecule has 2 rings (SSSR count). The van der Waals surface area contributed by atoms with E-state index in [0.29, 0.717) is 0 Å². The van der Waals surface area contributed by atoms with E-state index in [1.165, 1.54) is 64.2 Å². The van der Waals surface area contributed by atoms with Gasteiger partial charge >= 0.3 is 0 Å². The molecule has 1 N–H and O–H groups in total. The van der Waals surface area contributed by atoms with Crippen LogP contribution >= 0.6 is 0 Å². The van der Waals surface area contributed by atoms with Gasteiger partial charge < -0.3 is 5.32 Å². The lowest BCUT2D eigenvalue weighted by Crippen LogP contribution is -2.42. The Kier molecular flexibility index (Phi) is 5.34. The number of nitrogens with one attached hydrogen (secondary N) is 1. The van der Waals surface area contributed by atoms with Crippen molar-refractivity contribution in [2.75, 3.05) is 7.05 Å². The molecular weight excluding hydrogens is 206 g/mol. The average molecular weight is 237 g/mol. The monoisotopic (exact) mass is 237 g/mol. The summed E-state index contributed by atoms with van der Waals surface area (Å²) in [6, 6.07) is 0.827. The van der Waals surface area contributed by atoms with Gasteiger partial charge in [0.15, 0.2) is 0 Å². The third-order valence-corrected chi connectivity index (χ3v) is 5.47. The first-order valence-electron chi connectivity index (χ1n) is 8.02. The van der Waals surface area contributed by atoms with Crippen LogP contribution in [0.3, 0.4) is 0 Å². The molecule has 0 bridgehead atoms. The lowest BCUT2D eigenvalue weighted by molar-refractivity contribution is 0.157. The average Bonchev–Trinajstić information content (AvgIpc) is 2.42. The molecule has 0 heterocycles. The quantitative estimate of drug-likeness (QED) is 0.765. The molecule has 2 saturated carbocycles. The highest BCUT2D eigenvalue weighted by Crippen LogP contribution is 2.37. The fraction of sp³-hybridized carbons (Fsp3) is 1.00. The highest BCUT2D eigenvalue weighted by Gasteiger charge is 2.31. The van der Waals surface area contributed by atoms with Gasteiger partial charge in [0.25, 0.3) is 0 Å². The minimum Gasteiger partial charge on any atom is -0.316 e. The molecule has 2 aliphatic carbocycles. The van der Waals surface area contributed by atoms with Crippen molar-refractivity contribution in [2.45, 2.75) is 77.2 Å². The number of rotatable bonds is 4. The first-order valence-corrected chi connectivity index (χ1v) is 8.02. The van der Waals surface area contributed by atoms with Crippen LogP contribution < -0.4 is 5.32 Å². The molecule has 2 fully saturated rings. The van der Waals surface area contributed by atoms with Crippen molar-refractivity contribution in [3.63, 3.8) is 0 Å². The van der Waals surface area contributed by atoms with E-state index in [9.17, 15) is 0 Å². The first kappa shape index (κ1) is 13.4. The highest BCUT2D eigenvalue weighted by atomic mass is 14.9. The van der Waals surface area contributed by atoms with E-state index in [1.54, 1.807) is 0 Å². The van der Waals surface area contributed by atoms with Crippen molar-refractivity contribution in [2.24, 2.45) is 17.8 Å². The minimum absolute atomic E-state index is 0.827. The molecule has 1 heteroatoms. The van der Waals surface area contributed by atoms with Gasteiger partial charge in [0.05, 0.1) is 0 Å². The van der Waals surface area contributed by atoms with Crippen molar-refractivity contribution < 1.29 is 0 Å². The molecular formula is C16H31N. The fourth-order valence-electron chi connectivity index (χ4n) is 4.31. The molecule has 2 aliphatic rings. The smallest absolute Gasteiger partial charge is 0.0121 e. The van der Waals surface area contributed by atoms with Gasteiger partial charge in [-0.25, -0.2) is 0 Å². The maximum Gasteiger partial charge on any atom is 0.0121 e. The Labute approximate surface area is 108 Å². The van der Waals surface area contributed by atoms with E-state index < -0.39 is 0 Å². The molecule has 1 unspecified atom stereocenters. The summed E-state index contributed by atoms with van der Waals surface area (Å²) in [5.41, 5.74) is 0. The Balaban J connectivity index is 1.85. The maximum atomic E-state index is 3.67. The molecule has 0 spiro atoms. The van der Waals surface area contributed by atoms with Crippen LogP contribution in [0.25, 0.3) is 0 Å². The molecule has 0 saturated heterocycles. The third-order valence-electron chi connectivity index (χ3n) is 5.47. The Morgan fingerprint density at radius 1 is 0.882 bits per heavy atom. The van der Waals surface area contributed by atoms with Gasteiger partial charge in [-0.3, -0.25) is 0 Å². The molecule has 100 valence electrons. The second kappa shape index (κ2) is 6.78. The van der Waals surface area contributed by atoms with Crippen molar-refractivity contribution in [1.29, 1.82) is 0 Å². The van der Waals surface area contributed by atoms with Crippen LogP contribution in [-0.2, 0) is 0 Å². The predicted molar refractivity (Wildman–Crippen MR) is 75.2 cm³/mol. The Bertz CT molecular complexity index is 200. The molecule has 0 amide bonds. The van der Waals surface area contributed by atoms with Crippen LogP contribution in [0.5, 0.6) is 0 Å². The van der Waals surface area contributed by atoms with E-state index in [-0.39, 0.29) is 0 Å². The first-order chi connectivity index (χ1) is 8.35. The van der Waals surface area contributed by atoms with Gasteiger partial charge in [0, 0.05) is 6.04 Å². The van der Waals surface area contributed by atoms with E-state index in [4.69, 9.17) is 0 Å². The van der Waals surface area contributed by atoms with Gasteiger partial charge in [-0.2, -0.15) is 0 Å². The molecule has 0 aromatic heterocycles. The molecule has 1 atom stereocenters. The van der Waals surface area contributed by atoms with Crippen molar-refractivity contribution in [1.82, 2.24) is 5.32 Å². The summed E-state index contributed by atoms with van der Waals surface area (Å²) in [6.07, 6.45) is 14.8. The SMILES string of the molecule is CCC1CCC(C(NC)C2CCCCC2)CC1. The second-order valence-corrected chi connectivity index (χ2v) is 6.40. The summed E-state index contributed by atoms with van der Waals surface area (Å²) in [5, 5.41) is 3.67. The Morgan fingerprint density at radius 3 is 2.00 bits per heavy atom. The molecule has 1 nitrogen and oxygen atoms in total. The van der Waals surface area contributed by atoms with Gasteiger partial charge in [-0.1, -0.05) is 45.4 Å². The Hall–Kier alpha value is -0.0400. The zero-order valence-corrected chi connectivity index (χ0v) is 11.9. The summed E-state index contributed by atoms with van der Waals surface area (Å²) < 4.78 is 0. The lowest BCUT2D eigenvalue weighted by Gasteiger charge is -2.39. The zero-order valence-electron chi connectivity index (χ0n) is 11.9. The van der Waals surface area contributed by atoms with Gasteiger partial charge in [-0.15, -0.1) is 0 Å². The summed E-state index contributed by atoms with van der Waals surface area (Å²) in [5.74, 6) is 3.00. The molecule has 17 heavy (non-hydrogen) atoms. The fourth-order valence-corrected chi connectivity index (χ4v) is 4.31. The van der Waals surface area contributed by atoms with Crippen LogP contribution in [0.4, 0.5) is 0 Å². The molecule has 0 aromatic rings. The van der Waals surface area contributed by atoms with E-state index in [0.717, 1.165) is 23.8 Å². The van der Waals surface area contributed by atoms with E-state index in [2.05, 4.69) is 19.3 Å². The zero-order chi connectivity index (χ0) is 12.1. The van der Waals surface area contributed by atoms with Crippen LogP contribution in [-0.4, -0.2) is 13.1 Å². The number of hydrogen-bond acceptors (Lipinski definition) is 1. The van der Waals surface area contributed by atoms with Gasteiger partial charge in [-0.05, 0) is 50.5 Å². The normalized spacial score (nSPS) is 33.5. The van der Waals surface area contributed by atoms with Crippen molar-refractivity contribution >= 4 is 0 Å². The standard InChI is InChI=1S/C16H31N/c1-3-13-9-11-15(12-10-13)16(17-2)14-7-5-4-6-8-14/h13-17H,3-12H2,1-2H3. The Morgan fingerprint density at radius 2 is 1.47 bits per heavy atom. The topological polar surface area (TPSA) is 12.0 Å². The third kappa shape index (κ3) is 3.47. The van der Waals surface area contributed by atoms with Gasteiger partial charge in [0.2, 0.25) is 0 Å².